The number of hydrogen-bond donors (Lipinski definition) is 1. The predicted octanol–water partition coefficient (Wildman–Crippen LogP) is 5.07. The quantitative estimate of drug-likeness (QED) is 0.286. The maximum absolute atomic E-state index is 10.7. The van der Waals surface area contributed by atoms with Gasteiger partial charge in [-0.25, -0.2) is 0 Å². The summed E-state index contributed by atoms with van der Waals surface area (Å²) < 4.78 is 9.36. The molecule has 0 rings (SSSR count). The highest BCUT2D eigenvalue weighted by Crippen LogP contribution is 1.97. The molecule has 158 valence electrons. The van der Waals surface area contributed by atoms with Crippen molar-refractivity contribution in [3.63, 3.8) is 0 Å². The Morgan fingerprint density at radius 1 is 0.852 bits per heavy atom. The number of carbonyl (C=O) groups is 3. The normalized spacial score (nSPS) is 9.33. The van der Waals surface area contributed by atoms with Gasteiger partial charge in [0.1, 0.15) is 0 Å². The molecule has 0 aromatic carbocycles. The van der Waals surface area contributed by atoms with Crippen LogP contribution in [-0.4, -0.2) is 36.2 Å². The number of allylic oxidation sites excluding steroid dienone is 3. The highest BCUT2D eigenvalue weighted by Gasteiger charge is 1.98. The molecule has 0 aromatic rings. The Balaban J connectivity index is -0.000000322. The lowest BCUT2D eigenvalue weighted by molar-refractivity contribution is -0.144. The van der Waals surface area contributed by atoms with Gasteiger partial charge in [0.05, 0.1) is 13.2 Å². The minimum absolute atomic E-state index is 0.0880. The topological polar surface area (TPSA) is 89.9 Å². The van der Waals surface area contributed by atoms with E-state index >= 15 is 0 Å². The summed E-state index contributed by atoms with van der Waals surface area (Å²) >= 11 is 0. The van der Waals surface area contributed by atoms with E-state index in [1.807, 2.05) is 39.8 Å². The summed E-state index contributed by atoms with van der Waals surface area (Å²) in [6.45, 7) is 12.1. The maximum atomic E-state index is 10.7. The Morgan fingerprint density at radius 2 is 1.41 bits per heavy atom. The highest BCUT2D eigenvalue weighted by molar-refractivity contribution is 5.69. The van der Waals surface area contributed by atoms with Crippen molar-refractivity contribution in [3.05, 3.63) is 24.8 Å². The Kier molecular flexibility index (Phi) is 28.7. The van der Waals surface area contributed by atoms with Crippen LogP contribution < -0.4 is 0 Å². The van der Waals surface area contributed by atoms with Crippen molar-refractivity contribution in [2.24, 2.45) is 0 Å². The van der Waals surface area contributed by atoms with Crippen molar-refractivity contribution in [2.45, 2.75) is 79.1 Å². The van der Waals surface area contributed by atoms with E-state index in [9.17, 15) is 14.4 Å². The van der Waals surface area contributed by atoms with Crippen molar-refractivity contribution >= 4 is 17.9 Å². The second kappa shape index (κ2) is 26.1. The second-order valence-corrected chi connectivity index (χ2v) is 5.35. The Bertz CT molecular complexity index is 393. The van der Waals surface area contributed by atoms with Crippen molar-refractivity contribution in [1.82, 2.24) is 0 Å². The number of carbonyl (C=O) groups excluding carboxylic acids is 2. The average molecular weight is 387 g/mol. The molecule has 0 saturated heterocycles. The first-order valence-corrected chi connectivity index (χ1v) is 9.68. The van der Waals surface area contributed by atoms with Crippen molar-refractivity contribution in [2.75, 3.05) is 13.2 Å². The van der Waals surface area contributed by atoms with Crippen LogP contribution in [0.5, 0.6) is 0 Å². The molecule has 0 radical (unpaired) electrons. The van der Waals surface area contributed by atoms with Gasteiger partial charge >= 0.3 is 17.9 Å². The lowest BCUT2D eigenvalue weighted by Crippen LogP contribution is -2.02. The fourth-order valence-corrected chi connectivity index (χ4v) is 1.55. The van der Waals surface area contributed by atoms with E-state index in [2.05, 4.69) is 11.3 Å². The van der Waals surface area contributed by atoms with Crippen LogP contribution >= 0.6 is 0 Å². The molecule has 0 aliphatic rings. The lowest BCUT2D eigenvalue weighted by atomic mass is 10.2. The third-order valence-corrected chi connectivity index (χ3v) is 2.78. The first kappa shape index (κ1) is 29.6. The van der Waals surface area contributed by atoms with Gasteiger partial charge in [-0.1, -0.05) is 32.1 Å². The van der Waals surface area contributed by atoms with Gasteiger partial charge < -0.3 is 14.6 Å². The number of ether oxygens (including phenoxy) is 2. The van der Waals surface area contributed by atoms with Gasteiger partial charge in [0.2, 0.25) is 0 Å². The number of hydrogen-bond acceptors (Lipinski definition) is 5. The summed E-state index contributed by atoms with van der Waals surface area (Å²) in [7, 11) is 0. The molecule has 0 atom stereocenters. The fraction of sp³-hybridized carbons (Fsp3) is 0.667. The number of unbranched alkanes of at least 4 members (excludes halogenated alkanes) is 1. The van der Waals surface area contributed by atoms with Crippen LogP contribution in [0.1, 0.15) is 79.1 Å². The molecular weight excluding hydrogens is 348 g/mol. The van der Waals surface area contributed by atoms with Gasteiger partial charge in [-0.15, -0.1) is 6.58 Å². The molecule has 6 heteroatoms. The van der Waals surface area contributed by atoms with E-state index in [0.29, 0.717) is 32.5 Å². The number of aliphatic carboxylic acids is 1. The lowest BCUT2D eigenvalue weighted by Gasteiger charge is -1.98. The van der Waals surface area contributed by atoms with Gasteiger partial charge in [0, 0.05) is 19.3 Å². The van der Waals surface area contributed by atoms with Gasteiger partial charge in [-0.05, 0) is 46.0 Å². The zero-order chi connectivity index (χ0) is 21.3. The summed E-state index contributed by atoms with van der Waals surface area (Å²) in [4.78, 5) is 31.0. The summed E-state index contributed by atoms with van der Waals surface area (Å²) in [5, 5.41) is 8.18. The number of rotatable bonds is 12. The van der Waals surface area contributed by atoms with Crippen LogP contribution in [-0.2, 0) is 23.9 Å². The first-order chi connectivity index (χ1) is 12.9. The Hall–Kier alpha value is -2.11. The van der Waals surface area contributed by atoms with Gasteiger partial charge in [0.15, 0.2) is 0 Å². The molecule has 0 saturated carbocycles. The molecule has 0 aromatic heterocycles. The monoisotopic (exact) mass is 386 g/mol. The number of carboxylic acids is 1. The smallest absolute Gasteiger partial charge is 0.305 e. The first-order valence-electron chi connectivity index (χ1n) is 9.68. The van der Waals surface area contributed by atoms with E-state index in [0.717, 1.165) is 25.7 Å². The van der Waals surface area contributed by atoms with Gasteiger partial charge in [-0.2, -0.15) is 0 Å². The molecule has 0 fully saturated rings. The highest BCUT2D eigenvalue weighted by atomic mass is 16.5. The van der Waals surface area contributed by atoms with Crippen LogP contribution in [0.2, 0.25) is 0 Å². The van der Waals surface area contributed by atoms with Crippen molar-refractivity contribution in [1.29, 1.82) is 0 Å². The molecule has 0 unspecified atom stereocenters. The largest absolute Gasteiger partial charge is 0.481 e. The molecular formula is C21H38O6. The van der Waals surface area contributed by atoms with Crippen LogP contribution in [0.25, 0.3) is 0 Å². The molecule has 27 heavy (non-hydrogen) atoms. The third kappa shape index (κ3) is 35.8. The van der Waals surface area contributed by atoms with E-state index in [1.54, 1.807) is 6.08 Å². The van der Waals surface area contributed by atoms with Crippen LogP contribution in [0, 0.1) is 0 Å². The second-order valence-electron chi connectivity index (χ2n) is 5.35. The van der Waals surface area contributed by atoms with Crippen LogP contribution in [0.4, 0.5) is 0 Å². The molecule has 0 amide bonds. The molecule has 0 bridgehead atoms. The molecule has 1 N–H and O–H groups in total. The Labute approximate surface area is 164 Å². The van der Waals surface area contributed by atoms with Gasteiger partial charge in [-0.3, -0.25) is 14.4 Å². The predicted molar refractivity (Wildman–Crippen MR) is 109 cm³/mol. The standard InChI is InChI=1S/C8H14O2.C7H12O2.C6H12O2/c1-3-5-6-7-8(9)10-4-2;1-2-3-4-5-6-7(8)9;1-3-5-6(7)8-4-2/h3H,1,4-7H2,2H3;3-4H,2,5-6H2,1H3,(H,8,9);3-5H2,1-2H3/b;4-3-;. The summed E-state index contributed by atoms with van der Waals surface area (Å²) in [5.74, 6) is -0.921. The minimum atomic E-state index is -0.726. The van der Waals surface area contributed by atoms with E-state index in [-0.39, 0.29) is 18.4 Å². The SMILES string of the molecule is C=CCCCC(=O)OCC.CC/C=C\CCC(=O)O.CCCC(=O)OCC. The maximum Gasteiger partial charge on any atom is 0.305 e. The number of carboxylic acid groups (broad SMARTS) is 1. The summed E-state index contributed by atoms with van der Waals surface area (Å²) in [6.07, 6.45) is 11.2. The molecule has 6 nitrogen and oxygen atoms in total. The van der Waals surface area contributed by atoms with E-state index in [4.69, 9.17) is 9.84 Å². The molecule has 0 aliphatic heterocycles. The summed E-state index contributed by atoms with van der Waals surface area (Å²) in [6, 6.07) is 0. The zero-order valence-corrected chi connectivity index (χ0v) is 17.5. The van der Waals surface area contributed by atoms with E-state index < -0.39 is 5.97 Å². The van der Waals surface area contributed by atoms with E-state index in [1.165, 1.54) is 0 Å². The molecule has 0 aliphatic carbocycles. The van der Waals surface area contributed by atoms with Crippen LogP contribution in [0.15, 0.2) is 24.8 Å². The average Bonchev–Trinajstić information content (AvgIpc) is 2.61. The van der Waals surface area contributed by atoms with Gasteiger partial charge in [0.25, 0.3) is 0 Å². The fourth-order valence-electron chi connectivity index (χ4n) is 1.55. The van der Waals surface area contributed by atoms with Crippen molar-refractivity contribution in [3.8, 4) is 0 Å². The zero-order valence-electron chi connectivity index (χ0n) is 17.5. The summed E-state index contributed by atoms with van der Waals surface area (Å²) in [5.41, 5.74) is 0. The third-order valence-electron chi connectivity index (χ3n) is 2.78. The number of esters is 2. The molecule has 0 spiro atoms. The van der Waals surface area contributed by atoms with Crippen molar-refractivity contribution < 1.29 is 29.0 Å². The minimum Gasteiger partial charge on any atom is -0.481 e. The van der Waals surface area contributed by atoms with Crippen LogP contribution in [0.3, 0.4) is 0 Å². The Morgan fingerprint density at radius 3 is 1.81 bits per heavy atom. The molecule has 0 heterocycles.